The molecule has 26 heavy (non-hydrogen) atoms. The first-order valence-electron chi connectivity index (χ1n) is 9.36. The third kappa shape index (κ3) is 3.79. The van der Waals surface area contributed by atoms with Crippen LogP contribution in [0.4, 0.5) is 11.8 Å². The molecule has 1 aliphatic rings. The number of piperidine rings is 1. The highest BCUT2D eigenvalue weighted by molar-refractivity contribution is 5.80. The van der Waals surface area contributed by atoms with Crippen molar-refractivity contribution in [3.05, 3.63) is 11.3 Å². The first-order chi connectivity index (χ1) is 11.7. The number of nitrogens with one attached hydrogen (secondary N) is 1. The van der Waals surface area contributed by atoms with Crippen molar-refractivity contribution in [2.75, 3.05) is 17.2 Å². The number of aryl methyl sites for hydroxylation is 1. The molecule has 1 fully saturated rings. The van der Waals surface area contributed by atoms with Gasteiger partial charge in [0.2, 0.25) is 11.9 Å². The Hall–Kier alpha value is -1.85. The van der Waals surface area contributed by atoms with Gasteiger partial charge in [-0.15, -0.1) is 0 Å². The zero-order valence-electron chi connectivity index (χ0n) is 17.8. The molecule has 0 aliphatic carbocycles. The van der Waals surface area contributed by atoms with Crippen LogP contribution < -0.4 is 16.0 Å². The average molecular weight is 362 g/mol. The molecule has 1 saturated heterocycles. The van der Waals surface area contributed by atoms with Gasteiger partial charge >= 0.3 is 0 Å². The molecule has 6 nitrogen and oxygen atoms in total. The van der Waals surface area contributed by atoms with Crippen molar-refractivity contribution in [3.8, 4) is 0 Å². The van der Waals surface area contributed by atoms with Crippen molar-refractivity contribution in [1.82, 2.24) is 15.3 Å². The summed E-state index contributed by atoms with van der Waals surface area (Å²) in [5.74, 6) is 1.11. The number of nitrogens with two attached hydrogens (primary N) is 1. The summed E-state index contributed by atoms with van der Waals surface area (Å²) in [6, 6.07) is 0. The molecule has 0 saturated carbocycles. The highest BCUT2D eigenvalue weighted by Crippen LogP contribution is 2.47. The molecule has 0 spiro atoms. The summed E-state index contributed by atoms with van der Waals surface area (Å²) in [7, 11) is 0. The molecule has 1 aromatic rings. The van der Waals surface area contributed by atoms with E-state index < -0.39 is 0 Å². The Morgan fingerprint density at radius 3 is 2.31 bits per heavy atom. The molecule has 0 bridgehead atoms. The summed E-state index contributed by atoms with van der Waals surface area (Å²) >= 11 is 0. The lowest BCUT2D eigenvalue weighted by molar-refractivity contribution is -0.128. The first kappa shape index (κ1) is 20.5. The summed E-state index contributed by atoms with van der Waals surface area (Å²) in [5.41, 5.74) is 7.33. The van der Waals surface area contributed by atoms with Crippen molar-refractivity contribution < 1.29 is 4.79 Å². The molecule has 1 aromatic heterocycles. The van der Waals surface area contributed by atoms with E-state index >= 15 is 0 Å². The normalized spacial score (nSPS) is 22.2. The second kappa shape index (κ2) is 6.39. The zero-order chi connectivity index (χ0) is 20.1. The average Bonchev–Trinajstić information content (AvgIpc) is 2.44. The maximum Gasteiger partial charge on any atom is 0.225 e. The minimum Gasteiger partial charge on any atom is -0.368 e. The fraction of sp³-hybridized carbons (Fsp3) is 0.750. The summed E-state index contributed by atoms with van der Waals surface area (Å²) < 4.78 is 0. The van der Waals surface area contributed by atoms with Crippen molar-refractivity contribution in [2.45, 2.75) is 79.8 Å². The molecule has 3 N–H and O–H groups in total. The number of hydrogen-bond acceptors (Lipinski definition) is 5. The third-order valence-corrected chi connectivity index (χ3v) is 6.00. The standard InChI is InChI=1S/C20H35N5O/c1-12-13(2)22-17(21)23-15(12)25-11-14(16(26)24-18(3,4)5)10-19(6,7)20(25,8)9/h14H,10-11H2,1-9H3,(H,24,26)(H2,21,22,23)/t14-/m0/s1. The van der Waals surface area contributed by atoms with Crippen molar-refractivity contribution >= 4 is 17.7 Å². The van der Waals surface area contributed by atoms with Crippen LogP contribution in [-0.2, 0) is 4.79 Å². The van der Waals surface area contributed by atoms with Gasteiger partial charge in [0.15, 0.2) is 0 Å². The number of amides is 1. The fourth-order valence-electron chi connectivity index (χ4n) is 3.64. The van der Waals surface area contributed by atoms with Crippen molar-refractivity contribution in [2.24, 2.45) is 11.3 Å². The predicted octanol–water partition coefficient (Wildman–Crippen LogP) is 3.22. The zero-order valence-corrected chi connectivity index (χ0v) is 17.8. The number of anilines is 2. The van der Waals surface area contributed by atoms with E-state index in [2.05, 4.69) is 47.9 Å². The van der Waals surface area contributed by atoms with E-state index in [-0.39, 0.29) is 34.3 Å². The molecular formula is C20H35N5O. The van der Waals surface area contributed by atoms with E-state index in [0.29, 0.717) is 6.54 Å². The number of carbonyl (C=O) groups excluding carboxylic acids is 1. The molecule has 0 unspecified atom stereocenters. The van der Waals surface area contributed by atoms with Gasteiger partial charge in [-0.25, -0.2) is 4.98 Å². The van der Waals surface area contributed by atoms with Gasteiger partial charge in [0.1, 0.15) is 5.82 Å². The van der Waals surface area contributed by atoms with Gasteiger partial charge in [-0.3, -0.25) is 4.79 Å². The molecule has 0 aromatic carbocycles. The summed E-state index contributed by atoms with van der Waals surface area (Å²) in [6.45, 7) is 19.5. The monoisotopic (exact) mass is 361 g/mol. The van der Waals surface area contributed by atoms with E-state index in [1.807, 2.05) is 34.6 Å². The quantitative estimate of drug-likeness (QED) is 0.845. The van der Waals surface area contributed by atoms with E-state index in [1.165, 1.54) is 0 Å². The van der Waals surface area contributed by atoms with E-state index in [4.69, 9.17) is 5.73 Å². The molecule has 146 valence electrons. The lowest BCUT2D eigenvalue weighted by Crippen LogP contribution is -2.63. The Morgan fingerprint density at radius 2 is 1.77 bits per heavy atom. The second-order valence-electron chi connectivity index (χ2n) is 9.81. The maximum atomic E-state index is 12.9. The van der Waals surface area contributed by atoms with Crippen LogP contribution in [0, 0.1) is 25.2 Å². The highest BCUT2D eigenvalue weighted by atomic mass is 16.2. The Bertz CT molecular complexity index is 703. The molecule has 1 amide bonds. The van der Waals surface area contributed by atoms with Crippen LogP contribution in [0.3, 0.4) is 0 Å². The topological polar surface area (TPSA) is 84.1 Å². The van der Waals surface area contributed by atoms with Gasteiger partial charge in [0.25, 0.3) is 0 Å². The number of hydrogen-bond donors (Lipinski definition) is 2. The molecular weight excluding hydrogens is 326 g/mol. The van der Waals surface area contributed by atoms with E-state index in [1.54, 1.807) is 0 Å². The molecule has 6 heteroatoms. The highest BCUT2D eigenvalue weighted by Gasteiger charge is 2.50. The minimum absolute atomic E-state index is 0.0782. The predicted molar refractivity (Wildman–Crippen MR) is 107 cm³/mol. The molecule has 2 heterocycles. The second-order valence-corrected chi connectivity index (χ2v) is 9.81. The van der Waals surface area contributed by atoms with Crippen LogP contribution in [0.25, 0.3) is 0 Å². The lowest BCUT2D eigenvalue weighted by Gasteiger charge is -2.56. The van der Waals surface area contributed by atoms with Gasteiger partial charge < -0.3 is 16.0 Å². The van der Waals surface area contributed by atoms with Crippen LogP contribution in [0.1, 0.15) is 66.1 Å². The molecule has 1 aliphatic heterocycles. The number of carbonyl (C=O) groups is 1. The Kier molecular flexibility index (Phi) is 5.03. The Balaban J connectivity index is 2.48. The van der Waals surface area contributed by atoms with Gasteiger partial charge in [0.05, 0.1) is 5.92 Å². The maximum absolute atomic E-state index is 12.9. The summed E-state index contributed by atoms with van der Waals surface area (Å²) in [6.07, 6.45) is 0.830. The van der Waals surface area contributed by atoms with Crippen LogP contribution in [0.5, 0.6) is 0 Å². The van der Waals surface area contributed by atoms with Crippen LogP contribution in [0.15, 0.2) is 0 Å². The van der Waals surface area contributed by atoms with Crippen LogP contribution in [0.2, 0.25) is 0 Å². The van der Waals surface area contributed by atoms with Crippen molar-refractivity contribution in [1.29, 1.82) is 0 Å². The minimum atomic E-state index is -0.245. The number of nitrogens with zero attached hydrogens (tertiary/aromatic N) is 3. The smallest absolute Gasteiger partial charge is 0.225 e. The third-order valence-electron chi connectivity index (χ3n) is 6.00. The SMILES string of the molecule is Cc1nc(N)nc(N2C[C@@H](C(=O)NC(C)(C)C)CC(C)(C)C2(C)C)c1C. The number of aromatic nitrogens is 2. The van der Waals surface area contributed by atoms with Gasteiger partial charge in [-0.05, 0) is 60.3 Å². The van der Waals surface area contributed by atoms with Gasteiger partial charge in [-0.2, -0.15) is 4.98 Å². The largest absolute Gasteiger partial charge is 0.368 e. The number of nitrogen functional groups attached to an aromatic ring is 1. The van der Waals surface area contributed by atoms with Gasteiger partial charge in [0, 0.05) is 28.9 Å². The first-order valence-corrected chi connectivity index (χ1v) is 9.36. The molecule has 0 radical (unpaired) electrons. The fourth-order valence-corrected chi connectivity index (χ4v) is 3.64. The molecule has 2 rings (SSSR count). The van der Waals surface area contributed by atoms with Gasteiger partial charge in [-0.1, -0.05) is 13.8 Å². The van der Waals surface area contributed by atoms with E-state index in [9.17, 15) is 4.79 Å². The van der Waals surface area contributed by atoms with Crippen molar-refractivity contribution in [3.63, 3.8) is 0 Å². The lowest BCUT2D eigenvalue weighted by atomic mass is 9.64. The van der Waals surface area contributed by atoms with Crippen LogP contribution >= 0.6 is 0 Å². The molecule has 1 atom stereocenters. The summed E-state index contributed by atoms with van der Waals surface area (Å²) in [4.78, 5) is 24.0. The Morgan fingerprint density at radius 1 is 1.19 bits per heavy atom. The van der Waals surface area contributed by atoms with E-state index in [0.717, 1.165) is 23.5 Å². The summed E-state index contributed by atoms with van der Waals surface area (Å²) in [5, 5.41) is 3.14. The number of rotatable bonds is 2. The Labute approximate surface area is 158 Å². The van der Waals surface area contributed by atoms with Crippen LogP contribution in [-0.4, -0.2) is 33.5 Å².